The highest BCUT2D eigenvalue weighted by Crippen LogP contribution is 2.41. The Balaban J connectivity index is 1.83. The van der Waals surface area contributed by atoms with Gasteiger partial charge < -0.3 is 4.90 Å². The first kappa shape index (κ1) is 8.79. The lowest BCUT2D eigenvalue weighted by molar-refractivity contribution is 0.159. The molecule has 1 aromatic carbocycles. The van der Waals surface area contributed by atoms with E-state index >= 15 is 0 Å². The summed E-state index contributed by atoms with van der Waals surface area (Å²) in [7, 11) is 0. The van der Waals surface area contributed by atoms with Crippen LogP contribution in [0.1, 0.15) is 18.4 Å². The van der Waals surface area contributed by atoms with Crippen molar-refractivity contribution in [1.29, 1.82) is 5.26 Å². The molecule has 0 N–H and O–H groups in total. The molecule has 2 nitrogen and oxygen atoms in total. The number of nitrogens with zero attached hydrogens (tertiary/aromatic N) is 2. The molecule has 2 saturated heterocycles. The highest BCUT2D eigenvalue weighted by atomic mass is 15.2. The van der Waals surface area contributed by atoms with Crippen LogP contribution in [0.25, 0.3) is 0 Å². The molecule has 0 unspecified atom stereocenters. The van der Waals surface area contributed by atoms with Crippen LogP contribution in [0.15, 0.2) is 24.3 Å². The van der Waals surface area contributed by atoms with Gasteiger partial charge in [-0.05, 0) is 42.9 Å². The van der Waals surface area contributed by atoms with Crippen molar-refractivity contribution in [2.75, 3.05) is 18.0 Å². The zero-order valence-corrected chi connectivity index (χ0v) is 8.69. The number of fused-ring (bicyclic) bond motifs is 2. The third-order valence-electron chi connectivity index (χ3n) is 3.63. The molecule has 1 aliphatic carbocycles. The monoisotopic (exact) mass is 198 g/mol. The maximum atomic E-state index is 8.85. The summed E-state index contributed by atoms with van der Waals surface area (Å²) in [6.45, 7) is 2.37. The lowest BCUT2D eigenvalue weighted by Gasteiger charge is -2.48. The highest BCUT2D eigenvalue weighted by Gasteiger charge is 2.36. The summed E-state index contributed by atoms with van der Waals surface area (Å²) in [6, 6.07) is 10.2. The average molecular weight is 198 g/mol. The molecule has 2 heteroatoms. The van der Waals surface area contributed by atoms with Crippen molar-refractivity contribution in [1.82, 2.24) is 0 Å². The first-order valence-corrected chi connectivity index (χ1v) is 5.60. The molecule has 2 heterocycles. The van der Waals surface area contributed by atoms with Crippen LogP contribution in [0, 0.1) is 23.2 Å². The summed E-state index contributed by atoms with van der Waals surface area (Å²) in [5.41, 5.74) is 2.00. The number of anilines is 1. The minimum absolute atomic E-state index is 0.770. The van der Waals surface area contributed by atoms with Crippen LogP contribution in [0.2, 0.25) is 0 Å². The lowest BCUT2D eigenvalue weighted by Crippen LogP contribution is -2.48. The SMILES string of the molecule is N#Cc1cccc(N2CC3CC(C3)C2)c1. The van der Waals surface area contributed by atoms with E-state index in [1.807, 2.05) is 18.2 Å². The van der Waals surface area contributed by atoms with E-state index < -0.39 is 0 Å². The second kappa shape index (κ2) is 3.27. The van der Waals surface area contributed by atoms with Crippen molar-refractivity contribution >= 4 is 5.69 Å². The topological polar surface area (TPSA) is 27.0 Å². The number of rotatable bonds is 1. The number of hydrogen-bond acceptors (Lipinski definition) is 2. The summed E-state index contributed by atoms with van der Waals surface area (Å²) in [5.74, 6) is 1.82. The maximum absolute atomic E-state index is 8.85. The highest BCUT2D eigenvalue weighted by molar-refractivity contribution is 5.52. The van der Waals surface area contributed by atoms with E-state index in [1.54, 1.807) is 0 Å². The van der Waals surface area contributed by atoms with E-state index in [0.717, 1.165) is 17.4 Å². The quantitative estimate of drug-likeness (QED) is 0.693. The van der Waals surface area contributed by atoms with Crippen LogP contribution in [0.3, 0.4) is 0 Å². The van der Waals surface area contributed by atoms with E-state index in [1.165, 1.54) is 31.6 Å². The smallest absolute Gasteiger partial charge is 0.0992 e. The third kappa shape index (κ3) is 1.48. The van der Waals surface area contributed by atoms with E-state index in [9.17, 15) is 0 Å². The van der Waals surface area contributed by atoms with Gasteiger partial charge in [-0.25, -0.2) is 0 Å². The van der Waals surface area contributed by atoms with Gasteiger partial charge in [-0.2, -0.15) is 5.26 Å². The minimum Gasteiger partial charge on any atom is -0.371 e. The first-order chi connectivity index (χ1) is 7.35. The van der Waals surface area contributed by atoms with Gasteiger partial charge in [0.1, 0.15) is 0 Å². The molecule has 3 fully saturated rings. The number of piperidine rings is 2. The summed E-state index contributed by atoms with van der Waals surface area (Å²) in [5, 5.41) is 8.85. The largest absolute Gasteiger partial charge is 0.371 e. The van der Waals surface area contributed by atoms with Crippen molar-refractivity contribution in [2.45, 2.75) is 12.8 Å². The van der Waals surface area contributed by atoms with Gasteiger partial charge in [0, 0.05) is 18.8 Å². The molecule has 0 radical (unpaired) electrons. The zero-order chi connectivity index (χ0) is 10.3. The van der Waals surface area contributed by atoms with Crippen molar-refractivity contribution in [3.63, 3.8) is 0 Å². The molecule has 4 rings (SSSR count). The van der Waals surface area contributed by atoms with E-state index in [4.69, 9.17) is 5.26 Å². The number of nitriles is 1. The summed E-state index contributed by atoms with van der Waals surface area (Å²) >= 11 is 0. The Labute approximate surface area is 90.1 Å². The third-order valence-corrected chi connectivity index (χ3v) is 3.63. The molecule has 0 atom stereocenters. The van der Waals surface area contributed by atoms with Crippen LogP contribution in [-0.2, 0) is 0 Å². The fourth-order valence-electron chi connectivity index (χ4n) is 2.85. The maximum Gasteiger partial charge on any atom is 0.0992 e. The van der Waals surface area contributed by atoms with Gasteiger partial charge in [0.05, 0.1) is 11.6 Å². The van der Waals surface area contributed by atoms with Crippen LogP contribution in [-0.4, -0.2) is 13.1 Å². The van der Waals surface area contributed by atoms with E-state index in [0.29, 0.717) is 0 Å². The van der Waals surface area contributed by atoms with Crippen LogP contribution in [0.4, 0.5) is 5.69 Å². The van der Waals surface area contributed by atoms with Gasteiger partial charge in [-0.15, -0.1) is 0 Å². The predicted molar refractivity (Wildman–Crippen MR) is 59.6 cm³/mol. The molecule has 1 aromatic rings. The van der Waals surface area contributed by atoms with Crippen molar-refractivity contribution in [2.24, 2.45) is 11.8 Å². The van der Waals surface area contributed by atoms with Crippen molar-refractivity contribution in [3.8, 4) is 6.07 Å². The normalized spacial score (nSPS) is 28.1. The summed E-state index contributed by atoms with van der Waals surface area (Å²) in [4.78, 5) is 2.43. The molecular weight excluding hydrogens is 184 g/mol. The number of hydrogen-bond donors (Lipinski definition) is 0. The molecule has 76 valence electrons. The Kier molecular flexibility index (Phi) is 1.92. The Hall–Kier alpha value is -1.49. The molecule has 0 spiro atoms. The van der Waals surface area contributed by atoms with Crippen LogP contribution in [0.5, 0.6) is 0 Å². The second-order valence-electron chi connectivity index (χ2n) is 4.77. The van der Waals surface area contributed by atoms with E-state index in [-0.39, 0.29) is 0 Å². The zero-order valence-electron chi connectivity index (χ0n) is 8.69. The Morgan fingerprint density at radius 3 is 2.60 bits per heavy atom. The first-order valence-electron chi connectivity index (χ1n) is 5.60. The Morgan fingerprint density at radius 2 is 1.93 bits per heavy atom. The predicted octanol–water partition coefficient (Wildman–Crippen LogP) is 2.40. The summed E-state index contributed by atoms with van der Waals surface area (Å²) in [6.07, 6.45) is 2.85. The second-order valence-corrected chi connectivity index (χ2v) is 4.77. The van der Waals surface area contributed by atoms with Crippen LogP contribution < -0.4 is 4.90 Å². The molecule has 0 amide bonds. The minimum atomic E-state index is 0.770. The van der Waals surface area contributed by atoms with Gasteiger partial charge in [0.15, 0.2) is 0 Å². The van der Waals surface area contributed by atoms with Gasteiger partial charge in [-0.1, -0.05) is 6.07 Å². The Bertz CT molecular complexity index is 403. The van der Waals surface area contributed by atoms with Gasteiger partial charge in [0.2, 0.25) is 0 Å². The van der Waals surface area contributed by atoms with E-state index in [2.05, 4.69) is 17.0 Å². The molecule has 2 aliphatic heterocycles. The van der Waals surface area contributed by atoms with Gasteiger partial charge >= 0.3 is 0 Å². The van der Waals surface area contributed by atoms with Gasteiger partial charge in [0.25, 0.3) is 0 Å². The molecule has 1 saturated carbocycles. The molecule has 15 heavy (non-hydrogen) atoms. The van der Waals surface area contributed by atoms with Crippen LogP contribution >= 0.6 is 0 Å². The standard InChI is InChI=1S/C13H14N2/c14-7-10-2-1-3-13(6-10)15-8-11-4-12(5-11)9-15/h1-3,6,11-12H,4-5,8-9H2. The van der Waals surface area contributed by atoms with Crippen molar-refractivity contribution in [3.05, 3.63) is 29.8 Å². The average Bonchev–Trinajstić information content (AvgIpc) is 2.28. The molecule has 3 aliphatic rings. The Morgan fingerprint density at radius 1 is 1.20 bits per heavy atom. The summed E-state index contributed by atoms with van der Waals surface area (Å²) < 4.78 is 0. The fourth-order valence-corrected chi connectivity index (χ4v) is 2.85. The lowest BCUT2D eigenvalue weighted by atomic mass is 9.71. The number of benzene rings is 1. The molecular formula is C13H14N2. The van der Waals surface area contributed by atoms with Gasteiger partial charge in [-0.3, -0.25) is 0 Å². The molecule has 2 bridgehead atoms. The molecule has 0 aromatic heterocycles. The van der Waals surface area contributed by atoms with Crippen molar-refractivity contribution < 1.29 is 0 Å². The fraction of sp³-hybridized carbons (Fsp3) is 0.462.